The third-order valence-corrected chi connectivity index (χ3v) is 3.83. The molecule has 0 spiro atoms. The number of fused-ring (bicyclic) bond motifs is 1. The van der Waals surface area contributed by atoms with Crippen molar-refractivity contribution in [3.8, 4) is 0 Å². The molecular weight excluding hydrogens is 265 g/mol. The molecule has 0 aliphatic heterocycles. The van der Waals surface area contributed by atoms with Gasteiger partial charge >= 0.3 is 0 Å². The number of hydrogen-bond acceptors (Lipinski definition) is 2. The van der Waals surface area contributed by atoms with Crippen LogP contribution in [0.1, 0.15) is 29.9 Å². The first-order valence-corrected chi connectivity index (χ1v) is 7.07. The lowest BCUT2D eigenvalue weighted by atomic mass is 10.1. The number of nitrogens with one attached hydrogen (secondary N) is 1. The Morgan fingerprint density at radius 2 is 1.86 bits per heavy atom. The molecule has 0 bridgehead atoms. The molecule has 0 aliphatic rings. The first kappa shape index (κ1) is 13.7. The molecule has 3 heteroatoms. The van der Waals surface area contributed by atoms with E-state index in [-0.39, 0.29) is 11.9 Å². The molecule has 21 heavy (non-hydrogen) atoms. The maximum Gasteiger partial charge on any atom is 0.134 e. The highest BCUT2D eigenvalue weighted by atomic mass is 19.1. The van der Waals surface area contributed by atoms with Crippen LogP contribution in [0, 0.1) is 19.7 Å². The second-order valence-electron chi connectivity index (χ2n) is 5.41. The normalized spacial score (nSPS) is 12.6. The molecule has 1 atom stereocenters. The van der Waals surface area contributed by atoms with Crippen molar-refractivity contribution < 1.29 is 8.81 Å². The van der Waals surface area contributed by atoms with E-state index in [4.69, 9.17) is 4.42 Å². The van der Waals surface area contributed by atoms with Crippen LogP contribution in [0.4, 0.5) is 10.1 Å². The lowest BCUT2D eigenvalue weighted by molar-refractivity contribution is 0.522. The van der Waals surface area contributed by atoms with Gasteiger partial charge in [0.05, 0.1) is 6.04 Å². The van der Waals surface area contributed by atoms with Crippen LogP contribution in [0.5, 0.6) is 0 Å². The van der Waals surface area contributed by atoms with E-state index >= 15 is 0 Å². The first-order chi connectivity index (χ1) is 10.1. The number of benzene rings is 2. The summed E-state index contributed by atoms with van der Waals surface area (Å²) < 4.78 is 19.1. The Balaban J connectivity index is 1.93. The topological polar surface area (TPSA) is 25.2 Å². The van der Waals surface area contributed by atoms with E-state index in [0.29, 0.717) is 0 Å². The van der Waals surface area contributed by atoms with Gasteiger partial charge in [-0.1, -0.05) is 18.2 Å². The summed E-state index contributed by atoms with van der Waals surface area (Å²) >= 11 is 0. The van der Waals surface area contributed by atoms with Gasteiger partial charge in [-0.05, 0) is 50.6 Å². The molecule has 3 rings (SSSR count). The Morgan fingerprint density at radius 3 is 2.57 bits per heavy atom. The Hall–Kier alpha value is -2.29. The molecule has 3 aromatic rings. The Labute approximate surface area is 123 Å². The molecule has 0 radical (unpaired) electrons. The highest BCUT2D eigenvalue weighted by Gasteiger charge is 2.16. The predicted molar refractivity (Wildman–Crippen MR) is 84.1 cm³/mol. The fourth-order valence-corrected chi connectivity index (χ4v) is 2.69. The van der Waals surface area contributed by atoms with E-state index in [9.17, 15) is 4.39 Å². The summed E-state index contributed by atoms with van der Waals surface area (Å²) in [6.07, 6.45) is 0. The van der Waals surface area contributed by atoms with Crippen LogP contribution in [-0.4, -0.2) is 0 Å². The van der Waals surface area contributed by atoms with Crippen LogP contribution >= 0.6 is 0 Å². The molecule has 108 valence electrons. The molecule has 2 aromatic carbocycles. The number of halogens is 1. The van der Waals surface area contributed by atoms with Crippen molar-refractivity contribution >= 4 is 16.7 Å². The molecule has 0 aliphatic carbocycles. The second-order valence-corrected chi connectivity index (χ2v) is 5.41. The average Bonchev–Trinajstić information content (AvgIpc) is 2.80. The average molecular weight is 283 g/mol. The molecular formula is C18H18FNO. The summed E-state index contributed by atoms with van der Waals surface area (Å²) in [6.45, 7) is 6.01. The summed E-state index contributed by atoms with van der Waals surface area (Å²) in [6, 6.07) is 12.8. The molecule has 1 N–H and O–H groups in total. The third-order valence-electron chi connectivity index (χ3n) is 3.83. The van der Waals surface area contributed by atoms with E-state index < -0.39 is 0 Å². The number of furan rings is 1. The zero-order valence-electron chi connectivity index (χ0n) is 12.4. The first-order valence-electron chi connectivity index (χ1n) is 7.07. The van der Waals surface area contributed by atoms with Gasteiger partial charge in [-0.15, -0.1) is 0 Å². The lowest BCUT2D eigenvalue weighted by Gasteiger charge is -2.16. The maximum atomic E-state index is 13.2. The molecule has 0 saturated carbocycles. The fourth-order valence-electron chi connectivity index (χ4n) is 2.69. The molecule has 1 unspecified atom stereocenters. The number of aryl methyl sites for hydroxylation is 2. The smallest absolute Gasteiger partial charge is 0.134 e. The van der Waals surface area contributed by atoms with E-state index in [2.05, 4.69) is 18.3 Å². The highest BCUT2D eigenvalue weighted by molar-refractivity contribution is 5.82. The van der Waals surface area contributed by atoms with Crippen molar-refractivity contribution in [2.75, 3.05) is 5.32 Å². The van der Waals surface area contributed by atoms with Crippen molar-refractivity contribution in [3.05, 3.63) is 65.2 Å². The zero-order valence-corrected chi connectivity index (χ0v) is 12.4. The van der Waals surface area contributed by atoms with Gasteiger partial charge in [-0.25, -0.2) is 4.39 Å². The lowest BCUT2D eigenvalue weighted by Crippen LogP contribution is -2.08. The van der Waals surface area contributed by atoms with Crippen LogP contribution in [0.15, 0.2) is 46.9 Å². The Kier molecular flexibility index (Phi) is 3.42. The predicted octanol–water partition coefficient (Wildman–Crippen LogP) is 5.36. The van der Waals surface area contributed by atoms with E-state index in [0.717, 1.165) is 33.5 Å². The summed E-state index contributed by atoms with van der Waals surface area (Å²) in [4.78, 5) is 0. The van der Waals surface area contributed by atoms with E-state index in [1.165, 1.54) is 12.1 Å². The molecule has 0 amide bonds. The van der Waals surface area contributed by atoms with Gasteiger partial charge in [0.25, 0.3) is 0 Å². The molecule has 1 heterocycles. The van der Waals surface area contributed by atoms with Crippen LogP contribution < -0.4 is 5.32 Å². The van der Waals surface area contributed by atoms with E-state index in [1.54, 1.807) is 6.07 Å². The minimum atomic E-state index is -0.217. The second kappa shape index (κ2) is 5.24. The van der Waals surface area contributed by atoms with Crippen LogP contribution in [0.3, 0.4) is 0 Å². The van der Waals surface area contributed by atoms with Gasteiger partial charge in [0, 0.05) is 16.6 Å². The quantitative estimate of drug-likeness (QED) is 0.699. The number of hydrogen-bond donors (Lipinski definition) is 1. The third kappa shape index (κ3) is 2.51. The molecule has 0 saturated heterocycles. The maximum absolute atomic E-state index is 13.2. The summed E-state index contributed by atoms with van der Waals surface area (Å²) in [5.41, 5.74) is 3.85. The summed E-state index contributed by atoms with van der Waals surface area (Å²) in [5.74, 6) is 0.700. The molecule has 2 nitrogen and oxygen atoms in total. The van der Waals surface area contributed by atoms with Gasteiger partial charge in [0.1, 0.15) is 17.2 Å². The molecule has 0 fully saturated rings. The van der Waals surface area contributed by atoms with Gasteiger partial charge in [-0.3, -0.25) is 0 Å². The van der Waals surface area contributed by atoms with Crippen molar-refractivity contribution in [3.63, 3.8) is 0 Å². The van der Waals surface area contributed by atoms with Crippen LogP contribution in [0.2, 0.25) is 0 Å². The number of anilines is 1. The minimum Gasteiger partial charge on any atom is -0.459 e. The Bertz CT molecular complexity index is 791. The van der Waals surface area contributed by atoms with Gasteiger partial charge in [-0.2, -0.15) is 0 Å². The highest BCUT2D eigenvalue weighted by Crippen LogP contribution is 2.31. The Morgan fingerprint density at radius 1 is 1.10 bits per heavy atom. The van der Waals surface area contributed by atoms with Gasteiger partial charge in [0.2, 0.25) is 0 Å². The van der Waals surface area contributed by atoms with Crippen LogP contribution in [-0.2, 0) is 0 Å². The zero-order chi connectivity index (χ0) is 15.0. The SMILES string of the molecule is Cc1cc(F)ccc1NC(C)c1oc2ccccc2c1C. The van der Waals surface area contributed by atoms with Crippen molar-refractivity contribution in [1.82, 2.24) is 0 Å². The minimum absolute atomic E-state index is 0.0153. The monoisotopic (exact) mass is 283 g/mol. The molecule has 1 aromatic heterocycles. The summed E-state index contributed by atoms with van der Waals surface area (Å²) in [7, 11) is 0. The van der Waals surface area contributed by atoms with Crippen LogP contribution in [0.25, 0.3) is 11.0 Å². The largest absolute Gasteiger partial charge is 0.459 e. The summed E-state index contributed by atoms with van der Waals surface area (Å²) in [5, 5.41) is 4.53. The van der Waals surface area contributed by atoms with Crippen molar-refractivity contribution in [1.29, 1.82) is 0 Å². The fraction of sp³-hybridized carbons (Fsp3) is 0.222. The van der Waals surface area contributed by atoms with E-state index in [1.807, 2.05) is 32.0 Å². The van der Waals surface area contributed by atoms with Gasteiger partial charge in [0.15, 0.2) is 0 Å². The van der Waals surface area contributed by atoms with Gasteiger partial charge < -0.3 is 9.73 Å². The van der Waals surface area contributed by atoms with Crippen molar-refractivity contribution in [2.24, 2.45) is 0 Å². The van der Waals surface area contributed by atoms with Crippen molar-refractivity contribution in [2.45, 2.75) is 26.8 Å². The number of rotatable bonds is 3. The number of para-hydroxylation sites is 1. The standard InChI is InChI=1S/C18H18FNO/c1-11-10-14(19)8-9-16(11)20-13(3)18-12(2)15-6-4-5-7-17(15)21-18/h4-10,13,20H,1-3H3.